The lowest BCUT2D eigenvalue weighted by molar-refractivity contribution is -0.174. The first-order valence-electron chi connectivity index (χ1n) is 8.62. The lowest BCUT2D eigenvalue weighted by Gasteiger charge is -2.32. The molecule has 0 fully saturated rings. The van der Waals surface area contributed by atoms with Gasteiger partial charge in [0.2, 0.25) is 0 Å². The minimum absolute atomic E-state index is 0.260. The summed E-state index contributed by atoms with van der Waals surface area (Å²) in [5.41, 5.74) is 2.72. The number of nitrogens with one attached hydrogen (secondary N) is 2. The highest BCUT2D eigenvalue weighted by Gasteiger charge is 2.55. The summed E-state index contributed by atoms with van der Waals surface area (Å²) in [5, 5.41) is 4.77. The molecular formula is C20H21ClF3N3O. The molecule has 2 N–H and O–H groups in total. The molecule has 1 aliphatic rings. The Bertz CT molecular complexity index is 870. The van der Waals surface area contributed by atoms with Crippen LogP contribution in [0.5, 0.6) is 0 Å². The Morgan fingerprint density at radius 1 is 1.14 bits per heavy atom. The first-order chi connectivity index (χ1) is 13.1. The molecule has 0 saturated carbocycles. The Hall–Kier alpha value is -2.22. The highest BCUT2D eigenvalue weighted by Crippen LogP contribution is 2.41. The van der Waals surface area contributed by atoms with Crippen molar-refractivity contribution in [2.24, 2.45) is 0 Å². The average molecular weight is 412 g/mol. The van der Waals surface area contributed by atoms with Gasteiger partial charge in [0, 0.05) is 12.8 Å². The molecular weight excluding hydrogens is 391 g/mol. The predicted octanol–water partition coefficient (Wildman–Crippen LogP) is 5.26. The quantitative estimate of drug-likeness (QED) is 0.658. The van der Waals surface area contributed by atoms with Gasteiger partial charge in [-0.2, -0.15) is 13.2 Å². The van der Waals surface area contributed by atoms with E-state index < -0.39 is 17.9 Å². The number of ether oxygens (including phenoxy) is 1. The molecule has 1 heterocycles. The maximum absolute atomic E-state index is 13.7. The van der Waals surface area contributed by atoms with Gasteiger partial charge in [-0.3, -0.25) is 5.01 Å². The zero-order chi connectivity index (χ0) is 20.5. The highest BCUT2D eigenvalue weighted by molar-refractivity contribution is 6.33. The van der Waals surface area contributed by atoms with Crippen LogP contribution in [0.4, 0.5) is 24.5 Å². The fraction of sp³-hybridized carbons (Fsp3) is 0.300. The summed E-state index contributed by atoms with van der Waals surface area (Å²) in [7, 11) is 1.43. The van der Waals surface area contributed by atoms with Crippen molar-refractivity contribution < 1.29 is 17.9 Å². The van der Waals surface area contributed by atoms with Gasteiger partial charge in [0.25, 0.3) is 0 Å². The molecule has 0 spiro atoms. The number of alkyl halides is 3. The maximum atomic E-state index is 13.7. The van der Waals surface area contributed by atoms with E-state index in [1.165, 1.54) is 12.1 Å². The molecule has 3 rings (SSSR count). The summed E-state index contributed by atoms with van der Waals surface area (Å²) in [6.07, 6.45) is -4.24. The molecule has 4 nitrogen and oxygen atoms in total. The summed E-state index contributed by atoms with van der Waals surface area (Å²) in [4.78, 5) is 0. The number of methoxy groups -OCH3 is 1. The largest absolute Gasteiger partial charge is 0.411 e. The van der Waals surface area contributed by atoms with Gasteiger partial charge < -0.3 is 10.1 Å². The summed E-state index contributed by atoms with van der Waals surface area (Å²) in [6, 6.07) is 14.2. The molecule has 0 amide bonds. The standard InChI is InChI=1S/C20H21ClF3N3O/c1-13-8-10-14(11-9-13)25-18(28-3)17-12-19(2,20(22,23)24)26-27(17)16-7-5-4-6-15(16)21/h4-12,18,25-26H,1-3H3. The van der Waals surface area contributed by atoms with E-state index in [0.29, 0.717) is 10.7 Å². The third-order valence-corrected chi connectivity index (χ3v) is 4.89. The van der Waals surface area contributed by atoms with Gasteiger partial charge in [-0.25, -0.2) is 5.43 Å². The number of anilines is 2. The SMILES string of the molecule is COC(Nc1ccc(C)cc1)C1=CC(C)(C(F)(F)F)NN1c1ccccc1Cl. The van der Waals surface area contributed by atoms with Crippen LogP contribution in [-0.2, 0) is 4.74 Å². The van der Waals surface area contributed by atoms with E-state index in [2.05, 4.69) is 10.7 Å². The van der Waals surface area contributed by atoms with Gasteiger partial charge in [-0.05, 0) is 44.2 Å². The third-order valence-electron chi connectivity index (χ3n) is 4.57. The molecule has 0 bridgehead atoms. The van der Waals surface area contributed by atoms with Crippen molar-refractivity contribution in [1.82, 2.24) is 5.43 Å². The number of benzene rings is 2. The van der Waals surface area contributed by atoms with E-state index in [-0.39, 0.29) is 5.70 Å². The molecule has 0 saturated heterocycles. The van der Waals surface area contributed by atoms with Crippen LogP contribution in [0.25, 0.3) is 0 Å². The molecule has 0 radical (unpaired) electrons. The van der Waals surface area contributed by atoms with Crippen molar-refractivity contribution in [1.29, 1.82) is 0 Å². The van der Waals surface area contributed by atoms with E-state index >= 15 is 0 Å². The predicted molar refractivity (Wildman–Crippen MR) is 105 cm³/mol. The molecule has 2 unspecified atom stereocenters. The number of aryl methyl sites for hydroxylation is 1. The van der Waals surface area contributed by atoms with Crippen molar-refractivity contribution in [2.45, 2.75) is 31.8 Å². The van der Waals surface area contributed by atoms with Crippen LogP contribution in [0.1, 0.15) is 12.5 Å². The normalized spacial score (nSPS) is 20.8. The van der Waals surface area contributed by atoms with Gasteiger partial charge in [0.05, 0.1) is 16.4 Å². The Balaban J connectivity index is 2.01. The Morgan fingerprint density at radius 3 is 2.36 bits per heavy atom. The molecule has 0 aromatic heterocycles. The van der Waals surface area contributed by atoms with Crippen molar-refractivity contribution in [3.05, 3.63) is 70.9 Å². The highest BCUT2D eigenvalue weighted by atomic mass is 35.5. The number of hydrazine groups is 1. The number of hydrogen-bond acceptors (Lipinski definition) is 4. The van der Waals surface area contributed by atoms with Crippen LogP contribution in [0.2, 0.25) is 5.02 Å². The number of nitrogens with zero attached hydrogens (tertiary/aromatic N) is 1. The van der Waals surface area contributed by atoms with E-state index in [4.69, 9.17) is 16.3 Å². The molecule has 28 heavy (non-hydrogen) atoms. The monoisotopic (exact) mass is 411 g/mol. The van der Waals surface area contributed by atoms with Gasteiger partial charge >= 0.3 is 6.18 Å². The number of halogens is 4. The van der Waals surface area contributed by atoms with Gasteiger partial charge in [0.1, 0.15) is 0 Å². The molecule has 1 aliphatic heterocycles. The Labute approximate surface area is 166 Å². The van der Waals surface area contributed by atoms with Crippen LogP contribution in [-0.4, -0.2) is 25.1 Å². The lowest BCUT2D eigenvalue weighted by atomic mass is 10.0. The summed E-state index contributed by atoms with van der Waals surface area (Å²) in [6.45, 7) is 3.03. The molecule has 0 aliphatic carbocycles. The second-order valence-corrected chi connectivity index (χ2v) is 7.20. The lowest BCUT2D eigenvalue weighted by Crippen LogP contribution is -2.55. The zero-order valence-electron chi connectivity index (χ0n) is 15.6. The topological polar surface area (TPSA) is 36.5 Å². The van der Waals surface area contributed by atoms with E-state index in [9.17, 15) is 13.2 Å². The number of hydrogen-bond donors (Lipinski definition) is 2. The van der Waals surface area contributed by atoms with E-state index in [1.54, 1.807) is 24.3 Å². The fourth-order valence-electron chi connectivity index (χ4n) is 2.91. The molecule has 2 atom stereocenters. The maximum Gasteiger partial charge on any atom is 0.411 e. The van der Waals surface area contributed by atoms with Crippen LogP contribution in [0, 0.1) is 6.92 Å². The Morgan fingerprint density at radius 2 is 1.79 bits per heavy atom. The molecule has 150 valence electrons. The number of para-hydroxylation sites is 1. The second-order valence-electron chi connectivity index (χ2n) is 6.79. The number of rotatable bonds is 5. The van der Waals surface area contributed by atoms with Crippen molar-refractivity contribution in [3.8, 4) is 0 Å². The molecule has 8 heteroatoms. The third kappa shape index (κ3) is 3.97. The summed E-state index contributed by atoms with van der Waals surface area (Å²) >= 11 is 6.25. The summed E-state index contributed by atoms with van der Waals surface area (Å²) < 4.78 is 46.7. The second kappa shape index (κ2) is 7.66. The summed E-state index contributed by atoms with van der Waals surface area (Å²) in [5.74, 6) is 0. The molecule has 2 aromatic rings. The van der Waals surface area contributed by atoms with E-state index in [1.807, 2.05) is 31.2 Å². The average Bonchev–Trinajstić information content (AvgIpc) is 3.00. The van der Waals surface area contributed by atoms with Crippen molar-refractivity contribution in [2.75, 3.05) is 17.4 Å². The van der Waals surface area contributed by atoms with Gasteiger partial charge in [-0.15, -0.1) is 0 Å². The van der Waals surface area contributed by atoms with Crippen LogP contribution in [0.3, 0.4) is 0 Å². The zero-order valence-corrected chi connectivity index (χ0v) is 16.4. The van der Waals surface area contributed by atoms with Gasteiger partial charge in [-0.1, -0.05) is 41.4 Å². The fourth-order valence-corrected chi connectivity index (χ4v) is 3.13. The Kier molecular flexibility index (Phi) is 5.61. The smallest absolute Gasteiger partial charge is 0.356 e. The van der Waals surface area contributed by atoms with Crippen LogP contribution < -0.4 is 15.8 Å². The first kappa shape index (κ1) is 20.5. The minimum Gasteiger partial charge on any atom is -0.356 e. The van der Waals surface area contributed by atoms with Crippen molar-refractivity contribution in [3.63, 3.8) is 0 Å². The van der Waals surface area contributed by atoms with E-state index in [0.717, 1.165) is 24.3 Å². The minimum atomic E-state index is -4.52. The first-order valence-corrected chi connectivity index (χ1v) is 9.00. The van der Waals surface area contributed by atoms with Crippen LogP contribution >= 0.6 is 11.6 Å². The van der Waals surface area contributed by atoms with Crippen LogP contribution in [0.15, 0.2) is 60.3 Å². The van der Waals surface area contributed by atoms with Gasteiger partial charge in [0.15, 0.2) is 11.8 Å². The molecule has 2 aromatic carbocycles. The van der Waals surface area contributed by atoms with Crippen molar-refractivity contribution >= 4 is 23.0 Å².